The van der Waals surface area contributed by atoms with E-state index < -0.39 is 27.8 Å². The summed E-state index contributed by atoms with van der Waals surface area (Å²) in [5.41, 5.74) is 1.57. The molecule has 1 aliphatic rings. The number of aromatic nitrogens is 1. The van der Waals surface area contributed by atoms with Gasteiger partial charge in [0.2, 0.25) is 0 Å². The number of rotatable bonds is 4. The number of hydrogen-bond acceptors (Lipinski definition) is 4. The summed E-state index contributed by atoms with van der Waals surface area (Å²) in [6.07, 6.45) is 1.95. The molecule has 3 atom stereocenters. The van der Waals surface area contributed by atoms with Crippen LogP contribution in [-0.2, 0) is 23.4 Å². The van der Waals surface area contributed by atoms with Crippen molar-refractivity contribution in [3.63, 3.8) is 0 Å². The maximum atomic E-state index is 13.8. The molecule has 2 unspecified atom stereocenters. The van der Waals surface area contributed by atoms with Crippen LogP contribution in [0, 0.1) is 17.6 Å². The topological polar surface area (TPSA) is 69.9 Å². The predicted octanol–water partition coefficient (Wildman–Crippen LogP) is 3.68. The van der Waals surface area contributed by atoms with Crippen molar-refractivity contribution in [2.24, 2.45) is 17.3 Å². The standard InChI is InChI=1S/C20H28F2N4O2S/c1-12(2)17-9-7-14-18(29(28,23-3)26(17)5)11-25(4)19(14)20(27)24-13-6-8-15(21)16(22)10-13/h6,8,10-12,17,20,24,27H,7,9H2,1-5H3/t17-,20?,29?/m1/s1. The molecule has 0 spiro atoms. The number of nitrogens with one attached hydrogen (secondary N) is 1. The first-order valence-electron chi connectivity index (χ1n) is 9.56. The number of aliphatic hydroxyl groups excluding tert-OH is 1. The first-order valence-corrected chi connectivity index (χ1v) is 11.0. The Morgan fingerprint density at radius 1 is 1.28 bits per heavy atom. The van der Waals surface area contributed by atoms with Crippen molar-refractivity contribution in [3.05, 3.63) is 47.3 Å². The van der Waals surface area contributed by atoms with Crippen molar-refractivity contribution in [1.29, 1.82) is 0 Å². The highest BCUT2D eigenvalue weighted by Crippen LogP contribution is 2.37. The number of fused-ring (bicyclic) bond motifs is 1. The summed E-state index contributed by atoms with van der Waals surface area (Å²) in [5, 5.41) is 13.7. The lowest BCUT2D eigenvalue weighted by Crippen LogP contribution is -2.39. The highest BCUT2D eigenvalue weighted by atomic mass is 32.2. The normalized spacial score (nSPS) is 23.6. The number of nitrogens with zero attached hydrogens (tertiary/aromatic N) is 3. The van der Waals surface area contributed by atoms with Gasteiger partial charge in [-0.2, -0.15) is 0 Å². The molecule has 160 valence electrons. The van der Waals surface area contributed by atoms with Crippen LogP contribution in [0.1, 0.15) is 37.8 Å². The fraction of sp³-hybridized carbons (Fsp3) is 0.500. The fourth-order valence-corrected chi connectivity index (χ4v) is 6.41. The van der Waals surface area contributed by atoms with Gasteiger partial charge in [-0.15, -0.1) is 0 Å². The van der Waals surface area contributed by atoms with Gasteiger partial charge in [-0.25, -0.2) is 21.7 Å². The van der Waals surface area contributed by atoms with Crippen LogP contribution in [0.5, 0.6) is 0 Å². The largest absolute Gasteiger partial charge is 0.368 e. The first-order chi connectivity index (χ1) is 13.6. The number of halogens is 2. The third-order valence-corrected chi connectivity index (χ3v) is 8.10. The average molecular weight is 427 g/mol. The van der Waals surface area contributed by atoms with E-state index in [2.05, 4.69) is 23.5 Å². The number of benzene rings is 1. The van der Waals surface area contributed by atoms with Crippen molar-refractivity contribution in [2.45, 2.75) is 43.9 Å². The Balaban J connectivity index is 2.05. The Morgan fingerprint density at radius 3 is 2.55 bits per heavy atom. The molecule has 29 heavy (non-hydrogen) atoms. The molecule has 2 aromatic rings. The van der Waals surface area contributed by atoms with E-state index in [9.17, 15) is 18.1 Å². The minimum absolute atomic E-state index is 0.0769. The second kappa shape index (κ2) is 8.04. The zero-order valence-corrected chi connectivity index (χ0v) is 18.1. The summed E-state index contributed by atoms with van der Waals surface area (Å²) in [6.45, 7) is 4.18. The van der Waals surface area contributed by atoms with Crippen LogP contribution in [0.15, 0.2) is 33.7 Å². The molecule has 0 saturated heterocycles. The number of anilines is 1. The molecule has 1 aliphatic heterocycles. The van der Waals surface area contributed by atoms with Crippen molar-refractivity contribution >= 4 is 15.6 Å². The predicted molar refractivity (Wildman–Crippen MR) is 110 cm³/mol. The van der Waals surface area contributed by atoms with Crippen LogP contribution in [-0.4, -0.2) is 38.3 Å². The summed E-state index contributed by atoms with van der Waals surface area (Å²) >= 11 is 0. The number of aryl methyl sites for hydroxylation is 1. The van der Waals surface area contributed by atoms with Gasteiger partial charge >= 0.3 is 0 Å². The quantitative estimate of drug-likeness (QED) is 0.733. The Morgan fingerprint density at radius 2 is 1.97 bits per heavy atom. The number of hydrogen-bond donors (Lipinski definition) is 2. The van der Waals surface area contributed by atoms with Crippen LogP contribution >= 0.6 is 0 Å². The zero-order chi connectivity index (χ0) is 21.5. The van der Waals surface area contributed by atoms with Crippen LogP contribution in [0.4, 0.5) is 14.5 Å². The van der Waals surface area contributed by atoms with E-state index in [0.29, 0.717) is 17.0 Å². The summed E-state index contributed by atoms with van der Waals surface area (Å²) in [5.74, 6) is -1.67. The molecule has 0 saturated carbocycles. The van der Waals surface area contributed by atoms with Crippen LogP contribution in [0.2, 0.25) is 0 Å². The Kier molecular flexibility index (Phi) is 6.03. The van der Waals surface area contributed by atoms with Gasteiger partial charge in [0.25, 0.3) is 0 Å². The average Bonchev–Trinajstić information content (AvgIpc) is 2.95. The van der Waals surface area contributed by atoms with E-state index in [-0.39, 0.29) is 17.6 Å². The van der Waals surface area contributed by atoms with Crippen LogP contribution < -0.4 is 5.32 Å². The van der Waals surface area contributed by atoms with Gasteiger partial charge in [-0.1, -0.05) is 13.8 Å². The van der Waals surface area contributed by atoms with Crippen LogP contribution in [0.25, 0.3) is 0 Å². The van der Waals surface area contributed by atoms with E-state index >= 15 is 0 Å². The smallest absolute Gasteiger partial charge is 0.166 e. The van der Waals surface area contributed by atoms with Crippen molar-refractivity contribution in [3.8, 4) is 0 Å². The second-order valence-corrected chi connectivity index (χ2v) is 10.1. The molecule has 0 fully saturated rings. The molecule has 0 bridgehead atoms. The molecule has 1 aromatic heterocycles. The maximum absolute atomic E-state index is 13.8. The molecule has 2 heterocycles. The molecule has 9 heteroatoms. The minimum atomic E-state index is -2.83. The molecule has 0 amide bonds. The molecule has 0 aliphatic carbocycles. The molecular weight excluding hydrogens is 398 g/mol. The van der Waals surface area contributed by atoms with Gasteiger partial charge in [-0.3, -0.25) is 0 Å². The van der Waals surface area contributed by atoms with Crippen LogP contribution in [0.3, 0.4) is 0 Å². The molecule has 2 N–H and O–H groups in total. The monoisotopic (exact) mass is 426 g/mol. The van der Waals surface area contributed by atoms with E-state index in [4.69, 9.17) is 0 Å². The minimum Gasteiger partial charge on any atom is -0.368 e. The summed E-state index contributed by atoms with van der Waals surface area (Å²) in [7, 11) is 2.31. The molecule has 0 radical (unpaired) electrons. The molecular formula is C20H28F2N4O2S. The second-order valence-electron chi connectivity index (χ2n) is 7.72. The third kappa shape index (κ3) is 3.78. The van der Waals surface area contributed by atoms with E-state index in [1.54, 1.807) is 24.9 Å². The zero-order valence-electron chi connectivity index (χ0n) is 17.3. The van der Waals surface area contributed by atoms with E-state index in [1.165, 1.54) is 6.07 Å². The SMILES string of the molecule is CN=S1(=O)c2cn(C)c(C(O)Nc3ccc(F)c(F)c3)c2CC[C@H](C(C)C)N1C. The maximum Gasteiger partial charge on any atom is 0.166 e. The molecule has 6 nitrogen and oxygen atoms in total. The van der Waals surface area contributed by atoms with Crippen molar-refractivity contribution in [1.82, 2.24) is 8.87 Å². The summed E-state index contributed by atoms with van der Waals surface area (Å²) < 4.78 is 48.4. The third-order valence-electron chi connectivity index (χ3n) is 5.63. The van der Waals surface area contributed by atoms with Gasteiger partial charge in [0.1, 0.15) is 9.92 Å². The first kappa shape index (κ1) is 21.7. The van der Waals surface area contributed by atoms with Gasteiger partial charge in [0.15, 0.2) is 17.9 Å². The van der Waals surface area contributed by atoms with Gasteiger partial charge in [0, 0.05) is 45.1 Å². The highest BCUT2D eigenvalue weighted by molar-refractivity contribution is 7.91. The fourth-order valence-electron chi connectivity index (χ4n) is 4.11. The van der Waals surface area contributed by atoms with E-state index in [1.807, 2.05) is 11.4 Å². The van der Waals surface area contributed by atoms with Gasteiger partial charge in [-0.05, 0) is 36.5 Å². The van der Waals surface area contributed by atoms with Gasteiger partial charge < -0.3 is 15.0 Å². The number of aliphatic hydroxyl groups is 1. The lowest BCUT2D eigenvalue weighted by Gasteiger charge is -2.30. The Bertz CT molecular complexity index is 1030. The lowest BCUT2D eigenvalue weighted by atomic mass is 9.96. The van der Waals surface area contributed by atoms with Crippen molar-refractivity contribution < 1.29 is 18.1 Å². The van der Waals surface area contributed by atoms with E-state index in [0.717, 1.165) is 24.1 Å². The summed E-state index contributed by atoms with van der Waals surface area (Å²) in [6, 6.07) is 3.43. The molecule has 3 rings (SSSR count). The Hall–Kier alpha value is -1.97. The highest BCUT2D eigenvalue weighted by Gasteiger charge is 2.36. The van der Waals surface area contributed by atoms with Gasteiger partial charge in [0.05, 0.1) is 10.6 Å². The lowest BCUT2D eigenvalue weighted by molar-refractivity contribution is 0.198. The summed E-state index contributed by atoms with van der Waals surface area (Å²) in [4.78, 5) is 0.592. The van der Waals surface area contributed by atoms with Crippen molar-refractivity contribution in [2.75, 3.05) is 19.4 Å². The Labute approximate surface area is 170 Å². The molecule has 1 aromatic carbocycles.